The number of hydrogen-bond acceptors (Lipinski definition) is 7. The van der Waals surface area contributed by atoms with Crippen molar-refractivity contribution in [2.75, 3.05) is 13.2 Å². The Kier molecular flexibility index (Phi) is 14.4. The number of nitrogens with zero attached hydrogens (tertiary/aromatic N) is 6. The van der Waals surface area contributed by atoms with Crippen molar-refractivity contribution in [3.63, 3.8) is 0 Å². The Hall–Kier alpha value is -7.34. The molecule has 11 heteroatoms. The fourth-order valence-corrected chi connectivity index (χ4v) is 11.1. The van der Waals surface area contributed by atoms with Crippen LogP contribution in [0.15, 0.2) is 177 Å². The number of benzene rings is 4. The van der Waals surface area contributed by atoms with Crippen molar-refractivity contribution >= 4 is 46.2 Å². The molecular formula is C68H71CoN6O4-. The molecule has 2 unspecified atom stereocenters. The third-order valence-electron chi connectivity index (χ3n) is 15.6. The summed E-state index contributed by atoms with van der Waals surface area (Å²) in [5.41, 5.74) is 14.9. The van der Waals surface area contributed by atoms with Gasteiger partial charge in [-0.2, -0.15) is 0 Å². The summed E-state index contributed by atoms with van der Waals surface area (Å²) in [5, 5.41) is 1.25. The number of aliphatic imine (C=N–C) groups is 3. The van der Waals surface area contributed by atoms with Crippen LogP contribution in [0.1, 0.15) is 134 Å². The maximum atomic E-state index is 14.5. The van der Waals surface area contributed by atoms with Gasteiger partial charge in [-0.25, -0.2) is 19.6 Å². The Labute approximate surface area is 476 Å². The monoisotopic (exact) mass is 1090 g/mol. The van der Waals surface area contributed by atoms with E-state index in [2.05, 4.69) is 150 Å². The van der Waals surface area contributed by atoms with E-state index in [4.69, 9.17) is 29.4 Å². The summed E-state index contributed by atoms with van der Waals surface area (Å²) >= 11 is 0. The number of ether oxygens (including phenoxy) is 2. The van der Waals surface area contributed by atoms with Gasteiger partial charge >= 0.3 is 12.2 Å². The van der Waals surface area contributed by atoms with E-state index in [1.54, 1.807) is 9.80 Å². The number of carbonyl (C=O) groups excluding carboxylic acids is 2. The second-order valence-electron chi connectivity index (χ2n) is 25.6. The second-order valence-corrected chi connectivity index (χ2v) is 25.6. The van der Waals surface area contributed by atoms with Gasteiger partial charge in [0.25, 0.3) is 0 Å². The fourth-order valence-electron chi connectivity index (χ4n) is 11.1. The van der Waals surface area contributed by atoms with Gasteiger partial charge in [-0.05, 0) is 109 Å². The zero-order chi connectivity index (χ0) is 55.1. The number of amides is 2. The Morgan fingerprint density at radius 3 is 1.46 bits per heavy atom. The van der Waals surface area contributed by atoms with Crippen LogP contribution < -0.4 is 15.7 Å². The second kappa shape index (κ2) is 20.7. The number of cyclic esters (lactones) is 2. The van der Waals surface area contributed by atoms with Crippen LogP contribution in [-0.2, 0) is 60.8 Å². The van der Waals surface area contributed by atoms with Crippen LogP contribution in [0, 0.1) is 0 Å². The molecule has 2 fully saturated rings. The number of rotatable bonds is 8. The van der Waals surface area contributed by atoms with Gasteiger partial charge in [0.2, 0.25) is 0 Å². The van der Waals surface area contributed by atoms with Gasteiger partial charge in [0.1, 0.15) is 13.2 Å². The van der Waals surface area contributed by atoms with Crippen molar-refractivity contribution < 1.29 is 35.8 Å². The zero-order valence-corrected chi connectivity index (χ0v) is 48.7. The summed E-state index contributed by atoms with van der Waals surface area (Å²) in [5.74, 6) is 0. The van der Waals surface area contributed by atoms with E-state index < -0.39 is 12.2 Å². The quantitative estimate of drug-likeness (QED) is 0.154. The summed E-state index contributed by atoms with van der Waals surface area (Å²) in [6, 6.07) is 37.6. The van der Waals surface area contributed by atoms with E-state index in [1.807, 2.05) is 72.8 Å². The normalized spacial score (nSPS) is 19.5. The average molecular weight is 1100 g/mol. The molecule has 1 aromatic heterocycles. The molecule has 2 saturated heterocycles. The first-order chi connectivity index (χ1) is 37.0. The molecule has 0 aliphatic carbocycles. The maximum Gasteiger partial charge on any atom is 0.414 e. The minimum absolute atomic E-state index is 0. The molecule has 6 aliphatic heterocycles. The fraction of sp³-hybridized carbons (Fsp3) is 0.338. The molecule has 1 radical (unpaired) electrons. The Balaban J connectivity index is 0.00000704. The summed E-state index contributed by atoms with van der Waals surface area (Å²) in [4.78, 5) is 54.9. The smallest absolute Gasteiger partial charge is 0.414 e. The van der Waals surface area contributed by atoms with E-state index in [0.29, 0.717) is 69.9 Å². The van der Waals surface area contributed by atoms with Gasteiger partial charge in [0.15, 0.2) is 0 Å². The van der Waals surface area contributed by atoms with Crippen LogP contribution >= 0.6 is 0 Å². The number of aromatic nitrogens is 1. The van der Waals surface area contributed by atoms with Gasteiger partial charge in [-0.15, -0.1) is 10.7 Å². The Morgan fingerprint density at radius 2 is 0.949 bits per heavy atom. The van der Waals surface area contributed by atoms with Crippen LogP contribution in [0.25, 0.3) is 16.8 Å². The van der Waals surface area contributed by atoms with Gasteiger partial charge in [-0.3, -0.25) is 14.8 Å². The van der Waals surface area contributed by atoms with Crippen molar-refractivity contribution in [1.82, 2.24) is 14.8 Å². The molecule has 6 aliphatic rings. The van der Waals surface area contributed by atoms with E-state index in [9.17, 15) is 9.59 Å². The topological polar surface area (TPSA) is 110 Å². The number of carbonyl (C=O) groups is 2. The summed E-state index contributed by atoms with van der Waals surface area (Å²) in [6.45, 7) is 27.3. The molecule has 79 heavy (non-hydrogen) atoms. The van der Waals surface area contributed by atoms with Gasteiger partial charge < -0.3 is 14.5 Å². The average Bonchev–Trinajstić information content (AvgIpc) is 4.46. The molecule has 407 valence electrons. The largest absolute Gasteiger partial charge is 0.656 e. The number of fused-ring (bicyclic) bond motifs is 5. The molecule has 5 aromatic rings. The minimum Gasteiger partial charge on any atom is -0.656 e. The van der Waals surface area contributed by atoms with E-state index in [0.717, 1.165) is 39.1 Å². The van der Waals surface area contributed by atoms with Gasteiger partial charge in [0, 0.05) is 28.8 Å². The molecule has 4 aromatic carbocycles. The van der Waals surface area contributed by atoms with Crippen molar-refractivity contribution in [2.24, 2.45) is 15.0 Å². The first-order valence-electron chi connectivity index (χ1n) is 27.5. The minimum atomic E-state index is -0.450. The first-order valence-corrected chi connectivity index (χ1v) is 27.5. The molecule has 0 N–H and O–H groups in total. The number of hydrogen-bond donors (Lipinski definition) is 0. The number of allylic oxidation sites excluding steroid dienone is 5. The van der Waals surface area contributed by atoms with Crippen LogP contribution in [0.5, 0.6) is 0 Å². The van der Waals surface area contributed by atoms with Crippen molar-refractivity contribution in [3.05, 3.63) is 218 Å². The predicted octanol–water partition coefficient (Wildman–Crippen LogP) is 12.7. The first kappa shape index (κ1) is 55.0. The molecule has 0 spiro atoms. The molecule has 11 rings (SSSR count). The SMILES string of the molecule is CC(C)(C)c1cc(C2=C3C=CC(=N3)C(N3C(=O)OCC3Cc3ccccc3)=c3ccc([n-]3)=C(c3cc(C(C)(C)C)cc(C(C)(C)C)c3)C3=NC(=C(N4C(=O)OCC4Cc4ccccc4)C4=CCC2=N4)C=C3)cc(C(C)(C)C)c1.[Co]. The molecule has 8 bridgehead atoms. The molecule has 10 nitrogen and oxygen atoms in total. The van der Waals surface area contributed by atoms with Crippen molar-refractivity contribution in [3.8, 4) is 0 Å². The van der Waals surface area contributed by atoms with Crippen LogP contribution in [0.3, 0.4) is 0 Å². The van der Waals surface area contributed by atoms with Crippen molar-refractivity contribution in [1.29, 1.82) is 0 Å². The van der Waals surface area contributed by atoms with Crippen molar-refractivity contribution in [2.45, 2.75) is 136 Å². The third kappa shape index (κ3) is 10.9. The Morgan fingerprint density at radius 1 is 0.506 bits per heavy atom. The van der Waals surface area contributed by atoms with E-state index in [1.165, 1.54) is 22.3 Å². The maximum absolute atomic E-state index is 14.5. The molecule has 2 amide bonds. The molecular weight excluding hydrogens is 1020 g/mol. The molecule has 7 heterocycles. The third-order valence-corrected chi connectivity index (χ3v) is 15.6. The molecule has 2 atom stereocenters. The van der Waals surface area contributed by atoms with Crippen LogP contribution in [-0.4, -0.2) is 64.4 Å². The predicted molar refractivity (Wildman–Crippen MR) is 314 cm³/mol. The van der Waals surface area contributed by atoms with E-state index in [-0.39, 0.29) is 63.7 Å². The Bertz CT molecular complexity index is 3630. The molecule has 0 saturated carbocycles. The summed E-state index contributed by atoms with van der Waals surface area (Å²) in [7, 11) is 0. The standard InChI is InChI=1S/C68H71N6O4.Co/c1-65(2,3)45-33-43(34-46(37-45)66(4,5)6)59-51-23-27-55(69-51)61(73-49(39-77-63(73)75)31-41-19-15-13-16-20-41)57-29-25-53(71-57)60(44-35-47(67(7,8)9)38-48(36-44)68(10,11)12)54-26-30-58(72-54)62(56-28-24-52(59)70-56)74-50(40-78-64(74)76)32-42-21-17-14-18-22-42;/h13-25,27-30,33-38,49-50H,26,31-32,39-40H2,1-12H3;/q-1;. The van der Waals surface area contributed by atoms with Gasteiger partial charge in [0.05, 0.1) is 57.7 Å². The zero-order valence-electron chi connectivity index (χ0n) is 47.6. The summed E-state index contributed by atoms with van der Waals surface area (Å²) in [6.07, 6.45) is 10.9. The van der Waals surface area contributed by atoms with Gasteiger partial charge in [-0.1, -0.05) is 198 Å². The van der Waals surface area contributed by atoms with E-state index >= 15 is 0 Å². The summed E-state index contributed by atoms with van der Waals surface area (Å²) < 4.78 is 12.0. The van der Waals surface area contributed by atoms with Crippen LogP contribution in [0.4, 0.5) is 9.59 Å². The van der Waals surface area contributed by atoms with Crippen LogP contribution in [0.2, 0.25) is 0 Å².